The molecule has 1 aromatic carbocycles. The number of rotatable bonds is 5. The Morgan fingerprint density at radius 1 is 1.10 bits per heavy atom. The molecule has 1 fully saturated rings. The maximum Gasteiger partial charge on any atom is 0.434 e. The number of nitrogens with zero attached hydrogens (tertiary/aromatic N) is 3. The number of piperazine rings is 1. The lowest BCUT2D eigenvalue weighted by Crippen LogP contribution is -2.52. The van der Waals surface area contributed by atoms with Crippen molar-refractivity contribution in [2.24, 2.45) is 0 Å². The van der Waals surface area contributed by atoms with Crippen LogP contribution >= 0.6 is 11.3 Å². The predicted octanol–water partition coefficient (Wildman–Crippen LogP) is 2.63. The van der Waals surface area contributed by atoms with E-state index in [-0.39, 0.29) is 17.6 Å². The summed E-state index contributed by atoms with van der Waals surface area (Å²) in [5, 5.41) is 6.02. The van der Waals surface area contributed by atoms with E-state index in [1.165, 1.54) is 4.90 Å². The van der Waals surface area contributed by atoms with Crippen molar-refractivity contribution >= 4 is 28.4 Å². The minimum absolute atomic E-state index is 0.0926. The van der Waals surface area contributed by atoms with Crippen LogP contribution in [0.25, 0.3) is 0 Å². The number of anilines is 1. The summed E-state index contributed by atoms with van der Waals surface area (Å²) in [6.45, 7) is 2.42. The summed E-state index contributed by atoms with van der Waals surface area (Å²) in [5.41, 5.74) is -0.0117. The van der Waals surface area contributed by atoms with Crippen LogP contribution in [0.1, 0.15) is 11.3 Å². The van der Waals surface area contributed by atoms with Gasteiger partial charge in [-0.25, -0.2) is 9.78 Å². The molecule has 2 N–H and O–H groups in total. The molecule has 11 heteroatoms. The summed E-state index contributed by atoms with van der Waals surface area (Å²) < 4.78 is 37.7. The first-order chi connectivity index (χ1) is 13.8. The number of urea groups is 1. The van der Waals surface area contributed by atoms with Crippen molar-refractivity contribution in [2.45, 2.75) is 12.7 Å². The number of alkyl halides is 3. The third-order valence-electron chi connectivity index (χ3n) is 4.37. The molecule has 0 bridgehead atoms. The summed E-state index contributed by atoms with van der Waals surface area (Å²) in [7, 11) is 0. The Morgan fingerprint density at radius 3 is 2.41 bits per heavy atom. The fourth-order valence-corrected chi connectivity index (χ4v) is 3.50. The quantitative estimate of drug-likeness (QED) is 0.769. The molecular formula is C18H20F3N5O2S. The lowest BCUT2D eigenvalue weighted by Gasteiger charge is -2.34. The van der Waals surface area contributed by atoms with Crippen molar-refractivity contribution in [3.8, 4) is 0 Å². The molecule has 3 amide bonds. The van der Waals surface area contributed by atoms with Gasteiger partial charge in [0.1, 0.15) is 0 Å². The Bertz CT molecular complexity index is 836. The van der Waals surface area contributed by atoms with Crippen molar-refractivity contribution < 1.29 is 22.8 Å². The number of carbonyl (C=O) groups is 2. The summed E-state index contributed by atoms with van der Waals surface area (Å²) in [5.74, 6) is -0.103. The first-order valence-corrected chi connectivity index (χ1v) is 9.81. The van der Waals surface area contributed by atoms with E-state index in [9.17, 15) is 22.8 Å². The molecule has 0 unspecified atom stereocenters. The molecule has 1 aliphatic heterocycles. The highest BCUT2D eigenvalue weighted by Gasteiger charge is 2.34. The van der Waals surface area contributed by atoms with Crippen molar-refractivity contribution in [3.05, 3.63) is 47.0 Å². The Labute approximate surface area is 169 Å². The highest BCUT2D eigenvalue weighted by atomic mass is 32.1. The zero-order valence-electron chi connectivity index (χ0n) is 15.4. The van der Waals surface area contributed by atoms with Crippen LogP contribution in [0.3, 0.4) is 0 Å². The highest BCUT2D eigenvalue weighted by Crippen LogP contribution is 2.31. The second kappa shape index (κ2) is 9.23. The van der Waals surface area contributed by atoms with Crippen LogP contribution in [0, 0.1) is 0 Å². The van der Waals surface area contributed by atoms with Crippen LogP contribution < -0.4 is 10.6 Å². The molecule has 0 radical (unpaired) electrons. The zero-order chi connectivity index (χ0) is 20.9. The van der Waals surface area contributed by atoms with Gasteiger partial charge < -0.3 is 10.2 Å². The lowest BCUT2D eigenvalue weighted by atomic mass is 10.2. The van der Waals surface area contributed by atoms with Crippen LogP contribution in [0.5, 0.6) is 0 Å². The van der Waals surface area contributed by atoms with Crippen LogP contribution in [-0.2, 0) is 17.5 Å². The maximum atomic E-state index is 12.6. The average Bonchev–Trinajstić information content (AvgIpc) is 3.17. The molecule has 3 rings (SSSR count). The molecule has 0 aliphatic carbocycles. The number of hydrogen-bond donors (Lipinski definition) is 2. The monoisotopic (exact) mass is 427 g/mol. The van der Waals surface area contributed by atoms with Crippen LogP contribution in [-0.4, -0.2) is 59.4 Å². The Balaban J connectivity index is 1.40. The predicted molar refractivity (Wildman–Crippen MR) is 102 cm³/mol. The van der Waals surface area contributed by atoms with E-state index in [1.54, 1.807) is 0 Å². The minimum Gasteiger partial charge on any atom is -0.351 e. The Morgan fingerprint density at radius 2 is 1.79 bits per heavy atom. The molecule has 1 aliphatic rings. The van der Waals surface area contributed by atoms with Gasteiger partial charge in [-0.1, -0.05) is 30.3 Å². The second-order valence-corrected chi connectivity index (χ2v) is 7.35. The summed E-state index contributed by atoms with van der Waals surface area (Å²) in [6, 6.07) is 9.07. The van der Waals surface area contributed by atoms with E-state index in [0.717, 1.165) is 22.3 Å². The average molecular weight is 427 g/mol. The van der Waals surface area contributed by atoms with Crippen molar-refractivity contribution in [2.75, 3.05) is 38.0 Å². The minimum atomic E-state index is -4.54. The van der Waals surface area contributed by atoms with Gasteiger partial charge in [-0.2, -0.15) is 13.2 Å². The van der Waals surface area contributed by atoms with Crippen molar-refractivity contribution in [3.63, 3.8) is 0 Å². The third kappa shape index (κ3) is 6.16. The molecule has 1 aromatic heterocycles. The molecule has 1 saturated heterocycles. The normalized spacial score (nSPS) is 15.2. The van der Waals surface area contributed by atoms with Crippen molar-refractivity contribution in [1.29, 1.82) is 0 Å². The van der Waals surface area contributed by atoms with Gasteiger partial charge in [0.15, 0.2) is 10.8 Å². The molecule has 7 nitrogen and oxygen atoms in total. The van der Waals surface area contributed by atoms with Gasteiger partial charge in [0.25, 0.3) is 0 Å². The second-order valence-electron chi connectivity index (χ2n) is 6.49. The summed E-state index contributed by atoms with van der Waals surface area (Å²) >= 11 is 0.728. The lowest BCUT2D eigenvalue weighted by molar-refractivity contribution is -0.140. The standard InChI is InChI=1S/C18H20F3N5O2S/c19-18(20,21)14-12-29-16(23-14)24-17(28)26-8-6-25(7-9-26)11-15(27)22-10-13-4-2-1-3-5-13/h1-5,12H,6-11H2,(H,22,27)(H,23,24,28). The van der Waals surface area contributed by atoms with Gasteiger partial charge >= 0.3 is 12.2 Å². The number of nitrogens with one attached hydrogen (secondary N) is 2. The van der Waals surface area contributed by atoms with Crippen LogP contribution in [0.4, 0.5) is 23.1 Å². The largest absolute Gasteiger partial charge is 0.434 e. The van der Waals surface area contributed by atoms with Crippen molar-refractivity contribution in [1.82, 2.24) is 20.1 Å². The van der Waals surface area contributed by atoms with E-state index in [1.807, 2.05) is 35.2 Å². The third-order valence-corrected chi connectivity index (χ3v) is 5.13. The number of halogens is 3. The molecular weight excluding hydrogens is 407 g/mol. The highest BCUT2D eigenvalue weighted by molar-refractivity contribution is 7.13. The molecule has 0 spiro atoms. The van der Waals surface area contributed by atoms with Gasteiger partial charge in [-0.15, -0.1) is 11.3 Å². The molecule has 2 heterocycles. The SMILES string of the molecule is O=C(CN1CCN(C(=O)Nc2nc(C(F)(F)F)cs2)CC1)NCc1ccccc1. The molecule has 0 atom stereocenters. The molecule has 0 saturated carbocycles. The first-order valence-electron chi connectivity index (χ1n) is 8.93. The molecule has 29 heavy (non-hydrogen) atoms. The number of hydrogen-bond acceptors (Lipinski definition) is 5. The van der Waals surface area contributed by atoms with E-state index < -0.39 is 17.9 Å². The van der Waals surface area contributed by atoms with Gasteiger partial charge in [-0.05, 0) is 5.56 Å². The first kappa shape index (κ1) is 21.1. The van der Waals surface area contributed by atoms with E-state index in [4.69, 9.17) is 0 Å². The van der Waals surface area contributed by atoms with Gasteiger partial charge in [0.2, 0.25) is 5.91 Å². The van der Waals surface area contributed by atoms with Crippen LogP contribution in [0.15, 0.2) is 35.7 Å². The number of amides is 3. The molecule has 2 aromatic rings. The zero-order valence-corrected chi connectivity index (χ0v) is 16.2. The number of carbonyl (C=O) groups excluding carboxylic acids is 2. The van der Waals surface area contributed by atoms with E-state index >= 15 is 0 Å². The molecule has 156 valence electrons. The van der Waals surface area contributed by atoms with Crippen LogP contribution in [0.2, 0.25) is 0 Å². The topological polar surface area (TPSA) is 77.6 Å². The summed E-state index contributed by atoms with van der Waals surface area (Å²) in [6.07, 6.45) is -4.54. The number of benzene rings is 1. The van der Waals surface area contributed by atoms with E-state index in [0.29, 0.717) is 32.7 Å². The smallest absolute Gasteiger partial charge is 0.351 e. The number of aromatic nitrogens is 1. The van der Waals surface area contributed by atoms with Gasteiger partial charge in [-0.3, -0.25) is 15.0 Å². The van der Waals surface area contributed by atoms with Gasteiger partial charge in [0.05, 0.1) is 6.54 Å². The van der Waals surface area contributed by atoms with E-state index in [2.05, 4.69) is 15.6 Å². The maximum absolute atomic E-state index is 12.6. The summed E-state index contributed by atoms with van der Waals surface area (Å²) in [4.78, 5) is 31.1. The Hall–Kier alpha value is -2.66. The number of thiazole rings is 1. The fourth-order valence-electron chi connectivity index (χ4n) is 2.80. The van der Waals surface area contributed by atoms with Gasteiger partial charge in [0, 0.05) is 38.1 Å². The Kier molecular flexibility index (Phi) is 6.70. The fraction of sp³-hybridized carbons (Fsp3) is 0.389.